The Labute approximate surface area is 117 Å². The maximum absolute atomic E-state index is 14.4. The van der Waals surface area contributed by atoms with Gasteiger partial charge in [0.2, 0.25) is 0 Å². The van der Waals surface area contributed by atoms with E-state index in [1.54, 1.807) is 30.3 Å². The van der Waals surface area contributed by atoms with Crippen molar-refractivity contribution in [2.45, 2.75) is 38.3 Å². The molecule has 1 rings (SSSR count). The minimum Gasteiger partial charge on any atom is -0.478 e. The summed E-state index contributed by atoms with van der Waals surface area (Å²) in [6.45, 7) is 1.41. The van der Waals surface area contributed by atoms with Gasteiger partial charge in [0.15, 0.2) is 12.5 Å². The van der Waals surface area contributed by atoms with Gasteiger partial charge in [-0.2, -0.15) is 0 Å². The fourth-order valence-corrected chi connectivity index (χ4v) is 1.83. The molecular formula is C15H19FO4. The number of rotatable bonds is 8. The lowest BCUT2D eigenvalue weighted by atomic mass is 10.0. The number of ether oxygens (including phenoxy) is 1. The summed E-state index contributed by atoms with van der Waals surface area (Å²) in [4.78, 5) is 10.3. The van der Waals surface area contributed by atoms with E-state index in [1.165, 1.54) is 13.0 Å². The number of carboxylic acid groups (broad SMARTS) is 1. The number of aliphatic hydroxyl groups is 1. The van der Waals surface area contributed by atoms with Gasteiger partial charge >= 0.3 is 5.97 Å². The van der Waals surface area contributed by atoms with E-state index in [1.807, 2.05) is 0 Å². The number of allylic oxidation sites excluding steroid dienone is 1. The van der Waals surface area contributed by atoms with Crippen molar-refractivity contribution in [1.82, 2.24) is 0 Å². The van der Waals surface area contributed by atoms with Crippen LogP contribution in [0.25, 0.3) is 0 Å². The molecule has 0 fully saturated rings. The standard InChI is InChI=1S/C15H19FO4/c1-11(17)20-13(9-5-6-10-14(18)19)15(16)12-7-3-2-4-8-12/h2-4,6-8,10-11,13,15,17H,5,9H2,1H3,(H,18,19)/b10-6-. The molecule has 0 bridgehead atoms. The van der Waals surface area contributed by atoms with Crippen LogP contribution in [0.1, 0.15) is 31.5 Å². The fourth-order valence-electron chi connectivity index (χ4n) is 1.83. The Morgan fingerprint density at radius 1 is 1.40 bits per heavy atom. The second-order valence-corrected chi connectivity index (χ2v) is 4.40. The van der Waals surface area contributed by atoms with E-state index in [4.69, 9.17) is 9.84 Å². The van der Waals surface area contributed by atoms with Crippen LogP contribution in [0.15, 0.2) is 42.5 Å². The molecule has 0 saturated heterocycles. The predicted octanol–water partition coefficient (Wildman–Crippen LogP) is 2.84. The SMILES string of the molecule is CC(O)OC(CC/C=C\C(=O)O)C(F)c1ccccc1. The lowest BCUT2D eigenvalue weighted by Gasteiger charge is -2.23. The average molecular weight is 282 g/mol. The molecule has 4 nitrogen and oxygen atoms in total. The molecule has 1 aromatic rings. The molecule has 0 amide bonds. The molecule has 0 aromatic heterocycles. The van der Waals surface area contributed by atoms with Crippen LogP contribution >= 0.6 is 0 Å². The third-order valence-corrected chi connectivity index (χ3v) is 2.69. The van der Waals surface area contributed by atoms with Crippen LogP contribution in [0.5, 0.6) is 0 Å². The molecule has 0 radical (unpaired) electrons. The molecule has 0 saturated carbocycles. The fraction of sp³-hybridized carbons (Fsp3) is 0.400. The number of aliphatic carboxylic acids is 1. The highest BCUT2D eigenvalue weighted by molar-refractivity contribution is 5.79. The molecule has 3 atom stereocenters. The highest BCUT2D eigenvalue weighted by atomic mass is 19.1. The Bertz CT molecular complexity index is 431. The van der Waals surface area contributed by atoms with Crippen LogP contribution in [0.2, 0.25) is 0 Å². The molecule has 0 spiro atoms. The van der Waals surface area contributed by atoms with Gasteiger partial charge < -0.3 is 14.9 Å². The molecule has 0 aliphatic heterocycles. The summed E-state index contributed by atoms with van der Waals surface area (Å²) in [5.41, 5.74) is 0.473. The normalized spacial score (nSPS) is 15.9. The summed E-state index contributed by atoms with van der Waals surface area (Å²) in [6, 6.07) is 8.54. The minimum absolute atomic E-state index is 0.282. The summed E-state index contributed by atoms with van der Waals surface area (Å²) in [6.07, 6.45) is -0.180. The molecule has 3 unspecified atom stereocenters. The summed E-state index contributed by atoms with van der Waals surface area (Å²) < 4.78 is 19.5. The first-order chi connectivity index (χ1) is 9.50. The molecule has 110 valence electrons. The van der Waals surface area contributed by atoms with Gasteiger partial charge in [-0.15, -0.1) is 0 Å². The van der Waals surface area contributed by atoms with Crippen LogP contribution in [0, 0.1) is 0 Å². The second kappa shape index (κ2) is 8.45. The maximum atomic E-state index is 14.4. The Morgan fingerprint density at radius 3 is 2.60 bits per heavy atom. The molecular weight excluding hydrogens is 263 g/mol. The summed E-state index contributed by atoms with van der Waals surface area (Å²) in [5, 5.41) is 17.7. The van der Waals surface area contributed by atoms with Gasteiger partial charge in [0.25, 0.3) is 0 Å². The van der Waals surface area contributed by atoms with Gasteiger partial charge in [0, 0.05) is 6.08 Å². The number of aliphatic hydroxyl groups excluding tert-OH is 1. The topological polar surface area (TPSA) is 66.8 Å². The third-order valence-electron chi connectivity index (χ3n) is 2.69. The van der Waals surface area contributed by atoms with Crippen molar-refractivity contribution in [2.24, 2.45) is 0 Å². The average Bonchev–Trinajstić information content (AvgIpc) is 2.41. The summed E-state index contributed by atoms with van der Waals surface area (Å²) in [5.74, 6) is -1.04. The largest absolute Gasteiger partial charge is 0.478 e. The first kappa shape index (κ1) is 16.3. The van der Waals surface area contributed by atoms with E-state index >= 15 is 0 Å². The van der Waals surface area contributed by atoms with E-state index in [0.717, 1.165) is 6.08 Å². The van der Waals surface area contributed by atoms with Crippen molar-refractivity contribution in [2.75, 3.05) is 0 Å². The van der Waals surface area contributed by atoms with Gasteiger partial charge in [-0.1, -0.05) is 36.4 Å². The van der Waals surface area contributed by atoms with Crippen molar-refractivity contribution in [3.8, 4) is 0 Å². The highest BCUT2D eigenvalue weighted by Crippen LogP contribution is 2.27. The monoisotopic (exact) mass is 282 g/mol. The van der Waals surface area contributed by atoms with E-state index in [0.29, 0.717) is 12.0 Å². The number of carbonyl (C=O) groups is 1. The Kier molecular flexibility index (Phi) is 6.90. The summed E-state index contributed by atoms with van der Waals surface area (Å²) in [7, 11) is 0. The van der Waals surface area contributed by atoms with Gasteiger partial charge in [0.05, 0.1) is 6.10 Å². The van der Waals surface area contributed by atoms with Gasteiger partial charge in [-0.05, 0) is 25.3 Å². The first-order valence-electron chi connectivity index (χ1n) is 6.42. The zero-order valence-corrected chi connectivity index (χ0v) is 11.3. The number of benzene rings is 1. The number of alkyl halides is 1. The van der Waals surface area contributed by atoms with Crippen molar-refractivity contribution in [1.29, 1.82) is 0 Å². The molecule has 0 aliphatic rings. The van der Waals surface area contributed by atoms with Crippen LogP contribution in [0.3, 0.4) is 0 Å². The lowest BCUT2D eigenvalue weighted by molar-refractivity contribution is -0.146. The Balaban J connectivity index is 2.66. The molecule has 0 aliphatic carbocycles. The Hall–Kier alpha value is -1.72. The highest BCUT2D eigenvalue weighted by Gasteiger charge is 2.24. The van der Waals surface area contributed by atoms with Gasteiger partial charge in [0.1, 0.15) is 0 Å². The molecule has 0 heterocycles. The number of halogens is 1. The number of carboxylic acids is 1. The van der Waals surface area contributed by atoms with E-state index in [9.17, 15) is 14.3 Å². The molecule has 5 heteroatoms. The van der Waals surface area contributed by atoms with Gasteiger partial charge in [-0.25, -0.2) is 9.18 Å². The number of hydrogen-bond acceptors (Lipinski definition) is 3. The van der Waals surface area contributed by atoms with E-state index < -0.39 is 24.5 Å². The minimum atomic E-state index is -1.37. The van der Waals surface area contributed by atoms with Crippen molar-refractivity contribution >= 4 is 5.97 Å². The van der Waals surface area contributed by atoms with Crippen LogP contribution in [0.4, 0.5) is 4.39 Å². The van der Waals surface area contributed by atoms with Crippen molar-refractivity contribution < 1.29 is 24.1 Å². The maximum Gasteiger partial charge on any atom is 0.327 e. The van der Waals surface area contributed by atoms with Crippen LogP contribution in [-0.4, -0.2) is 28.6 Å². The zero-order valence-electron chi connectivity index (χ0n) is 11.3. The quantitative estimate of drug-likeness (QED) is 0.568. The number of hydrogen-bond donors (Lipinski definition) is 2. The zero-order chi connectivity index (χ0) is 15.0. The van der Waals surface area contributed by atoms with E-state index in [-0.39, 0.29) is 6.42 Å². The van der Waals surface area contributed by atoms with Crippen molar-refractivity contribution in [3.63, 3.8) is 0 Å². The first-order valence-corrected chi connectivity index (χ1v) is 6.42. The van der Waals surface area contributed by atoms with E-state index in [2.05, 4.69) is 0 Å². The second-order valence-electron chi connectivity index (χ2n) is 4.40. The third kappa shape index (κ3) is 5.95. The smallest absolute Gasteiger partial charge is 0.327 e. The lowest BCUT2D eigenvalue weighted by Crippen LogP contribution is -2.24. The molecule has 1 aromatic carbocycles. The predicted molar refractivity (Wildman–Crippen MR) is 72.9 cm³/mol. The molecule has 20 heavy (non-hydrogen) atoms. The van der Waals surface area contributed by atoms with Crippen molar-refractivity contribution in [3.05, 3.63) is 48.0 Å². The van der Waals surface area contributed by atoms with Crippen LogP contribution < -0.4 is 0 Å². The van der Waals surface area contributed by atoms with Gasteiger partial charge in [-0.3, -0.25) is 0 Å². The van der Waals surface area contributed by atoms with Crippen LogP contribution in [-0.2, 0) is 9.53 Å². The Morgan fingerprint density at radius 2 is 2.05 bits per heavy atom. The molecule has 2 N–H and O–H groups in total. The summed E-state index contributed by atoms with van der Waals surface area (Å²) >= 11 is 0.